The molecule has 0 aliphatic carbocycles. The van der Waals surface area contributed by atoms with E-state index in [1.165, 1.54) is 6.07 Å². The molecule has 5 nitrogen and oxygen atoms in total. The van der Waals surface area contributed by atoms with E-state index in [9.17, 15) is 9.18 Å². The van der Waals surface area contributed by atoms with Crippen LogP contribution in [0.15, 0.2) is 48.8 Å². The van der Waals surface area contributed by atoms with Crippen molar-refractivity contribution in [3.05, 3.63) is 71.6 Å². The van der Waals surface area contributed by atoms with Crippen LogP contribution in [-0.2, 0) is 24.2 Å². The lowest BCUT2D eigenvalue weighted by atomic mass is 10.1. The molecule has 0 atom stereocenters. The predicted molar refractivity (Wildman–Crippen MR) is 125 cm³/mol. The van der Waals surface area contributed by atoms with E-state index >= 15 is 0 Å². The summed E-state index contributed by atoms with van der Waals surface area (Å²) in [5.41, 5.74) is 3.13. The minimum absolute atomic E-state index is 0.276. The molecule has 0 unspecified atom stereocenters. The van der Waals surface area contributed by atoms with Crippen molar-refractivity contribution in [1.82, 2.24) is 9.55 Å². The van der Waals surface area contributed by atoms with Crippen molar-refractivity contribution >= 4 is 6.29 Å². The average Bonchev–Trinajstić information content (AvgIpc) is 3.19. The number of nitrogens with zero attached hydrogens (tertiary/aromatic N) is 2. The summed E-state index contributed by atoms with van der Waals surface area (Å²) >= 11 is 0. The minimum atomic E-state index is -0.339. The van der Waals surface area contributed by atoms with E-state index in [1.807, 2.05) is 38.1 Å². The van der Waals surface area contributed by atoms with Crippen LogP contribution in [0.25, 0.3) is 5.69 Å². The van der Waals surface area contributed by atoms with E-state index < -0.39 is 0 Å². The molecule has 2 aromatic carbocycles. The molecule has 0 amide bonds. The monoisotopic (exact) mass is 440 g/mol. The molecule has 0 aliphatic heterocycles. The third kappa shape index (κ3) is 6.67. The van der Waals surface area contributed by atoms with Crippen molar-refractivity contribution in [3.8, 4) is 17.2 Å². The van der Waals surface area contributed by atoms with Gasteiger partial charge in [-0.1, -0.05) is 39.8 Å². The van der Waals surface area contributed by atoms with Crippen LogP contribution in [0.5, 0.6) is 11.5 Å². The lowest BCUT2D eigenvalue weighted by Crippen LogP contribution is -2.09. The highest BCUT2D eigenvalue weighted by molar-refractivity contribution is 5.50. The van der Waals surface area contributed by atoms with Crippen LogP contribution < -0.4 is 9.47 Å². The van der Waals surface area contributed by atoms with Crippen molar-refractivity contribution < 1.29 is 18.7 Å². The highest BCUT2D eigenvalue weighted by Crippen LogP contribution is 2.25. The Morgan fingerprint density at radius 2 is 1.91 bits per heavy atom. The van der Waals surface area contributed by atoms with Crippen LogP contribution in [0.1, 0.15) is 51.1 Å². The van der Waals surface area contributed by atoms with E-state index in [-0.39, 0.29) is 12.4 Å². The smallest absolute Gasteiger partial charge is 0.147 e. The van der Waals surface area contributed by atoms with Gasteiger partial charge >= 0.3 is 0 Å². The lowest BCUT2D eigenvalue weighted by Gasteiger charge is -2.14. The fraction of sp³-hybridized carbons (Fsp3) is 0.385. The predicted octanol–water partition coefficient (Wildman–Crippen LogP) is 5.96. The van der Waals surface area contributed by atoms with Crippen molar-refractivity contribution in [2.45, 2.75) is 53.6 Å². The number of aldehydes is 1. The van der Waals surface area contributed by atoms with Gasteiger partial charge in [-0.05, 0) is 48.6 Å². The van der Waals surface area contributed by atoms with Gasteiger partial charge in [-0.15, -0.1) is 0 Å². The number of halogens is 1. The van der Waals surface area contributed by atoms with Crippen molar-refractivity contribution in [2.75, 3.05) is 7.11 Å². The Balaban J connectivity index is 0.00000176. The molecule has 0 saturated carbocycles. The summed E-state index contributed by atoms with van der Waals surface area (Å²) in [6, 6.07) is 12.4. The molecule has 1 heterocycles. The molecule has 0 bridgehead atoms. The molecule has 0 saturated heterocycles. The molecule has 0 radical (unpaired) electrons. The van der Waals surface area contributed by atoms with E-state index in [0.717, 1.165) is 35.4 Å². The van der Waals surface area contributed by atoms with E-state index in [0.29, 0.717) is 30.2 Å². The average molecular weight is 441 g/mol. The highest BCUT2D eigenvalue weighted by atomic mass is 19.1. The SMILES string of the molecule is CC.COc1ccc(F)c(-n2cnc(COc3cccc(CCC=O)c3)c2CC(C)C)c1. The number of benzene rings is 2. The van der Waals surface area contributed by atoms with Gasteiger partial charge in [0, 0.05) is 18.2 Å². The Morgan fingerprint density at radius 1 is 1.12 bits per heavy atom. The summed E-state index contributed by atoms with van der Waals surface area (Å²) in [4.78, 5) is 15.1. The number of imidazole rings is 1. The molecule has 1 aromatic heterocycles. The van der Waals surface area contributed by atoms with Gasteiger partial charge in [-0.3, -0.25) is 4.57 Å². The number of carbonyl (C=O) groups excluding carboxylic acids is 1. The first-order chi connectivity index (χ1) is 15.5. The first-order valence-corrected chi connectivity index (χ1v) is 11.1. The van der Waals surface area contributed by atoms with Gasteiger partial charge in [0.1, 0.15) is 30.2 Å². The zero-order valence-electron chi connectivity index (χ0n) is 19.6. The fourth-order valence-electron chi connectivity index (χ4n) is 3.31. The second-order valence-corrected chi connectivity index (χ2v) is 7.56. The number of ether oxygens (including phenoxy) is 2. The minimum Gasteiger partial charge on any atom is -0.497 e. The van der Waals surface area contributed by atoms with Crippen LogP contribution in [-0.4, -0.2) is 22.9 Å². The summed E-state index contributed by atoms with van der Waals surface area (Å²) in [5.74, 6) is 1.32. The number of methoxy groups -OCH3 is 1. The van der Waals surface area contributed by atoms with Gasteiger partial charge in [0.25, 0.3) is 0 Å². The first kappa shape index (κ1) is 25.1. The third-order valence-corrected chi connectivity index (χ3v) is 4.79. The second kappa shape index (κ2) is 12.6. The Morgan fingerprint density at radius 3 is 2.59 bits per heavy atom. The lowest BCUT2D eigenvalue weighted by molar-refractivity contribution is -0.107. The normalized spacial score (nSPS) is 10.5. The van der Waals surface area contributed by atoms with Gasteiger partial charge < -0.3 is 14.3 Å². The quantitative estimate of drug-likeness (QED) is 0.365. The third-order valence-electron chi connectivity index (χ3n) is 4.79. The maximum absolute atomic E-state index is 14.6. The van der Waals surface area contributed by atoms with Gasteiger partial charge in [-0.2, -0.15) is 0 Å². The van der Waals surface area contributed by atoms with Gasteiger partial charge in [0.15, 0.2) is 0 Å². The van der Waals surface area contributed by atoms with Crippen LogP contribution >= 0.6 is 0 Å². The summed E-state index contributed by atoms with van der Waals surface area (Å²) < 4.78 is 27.6. The summed E-state index contributed by atoms with van der Waals surface area (Å²) in [6.45, 7) is 8.50. The van der Waals surface area contributed by atoms with Gasteiger partial charge in [-0.25, -0.2) is 9.37 Å². The van der Waals surface area contributed by atoms with Crippen LogP contribution in [0, 0.1) is 11.7 Å². The fourth-order valence-corrected chi connectivity index (χ4v) is 3.31. The summed E-state index contributed by atoms with van der Waals surface area (Å²) in [6.07, 6.45) is 4.45. The topological polar surface area (TPSA) is 53.4 Å². The molecule has 0 aliphatic rings. The molecular formula is C26H33FN2O3. The van der Waals surface area contributed by atoms with Crippen LogP contribution in [0.3, 0.4) is 0 Å². The van der Waals surface area contributed by atoms with Gasteiger partial charge in [0.05, 0.1) is 24.8 Å². The second-order valence-electron chi connectivity index (χ2n) is 7.56. The number of aryl methyl sites for hydroxylation is 1. The molecule has 3 rings (SSSR count). The number of aromatic nitrogens is 2. The molecular weight excluding hydrogens is 407 g/mol. The standard InChI is InChI=1S/C24H27FN2O3.C2H6/c1-17(2)12-24-22(15-30-20-8-4-6-18(13-20)7-5-11-28)26-16-27(24)23-14-19(29-3)9-10-21(23)25;1-2/h4,6,8-11,13-14,16-17H,5,7,12,15H2,1-3H3;1-2H3. The molecule has 172 valence electrons. The molecule has 0 fully saturated rings. The summed E-state index contributed by atoms with van der Waals surface area (Å²) in [7, 11) is 1.56. The van der Waals surface area contributed by atoms with Gasteiger partial charge in [0.2, 0.25) is 0 Å². The zero-order chi connectivity index (χ0) is 23.5. The maximum Gasteiger partial charge on any atom is 0.147 e. The van der Waals surface area contributed by atoms with Crippen LogP contribution in [0.4, 0.5) is 4.39 Å². The number of rotatable bonds is 10. The van der Waals surface area contributed by atoms with Crippen LogP contribution in [0.2, 0.25) is 0 Å². The van der Waals surface area contributed by atoms with Crippen molar-refractivity contribution in [3.63, 3.8) is 0 Å². The van der Waals surface area contributed by atoms with Crippen molar-refractivity contribution in [2.24, 2.45) is 5.92 Å². The maximum atomic E-state index is 14.6. The summed E-state index contributed by atoms with van der Waals surface area (Å²) in [5, 5.41) is 0. The highest BCUT2D eigenvalue weighted by Gasteiger charge is 2.17. The number of carbonyl (C=O) groups is 1. The Kier molecular flexibility index (Phi) is 9.92. The molecule has 0 spiro atoms. The Labute approximate surface area is 190 Å². The largest absolute Gasteiger partial charge is 0.497 e. The Hall–Kier alpha value is -3.15. The molecule has 32 heavy (non-hydrogen) atoms. The molecule has 3 aromatic rings. The number of hydrogen-bond acceptors (Lipinski definition) is 4. The van der Waals surface area contributed by atoms with E-state index in [4.69, 9.17) is 9.47 Å². The molecule has 0 N–H and O–H groups in total. The molecule has 6 heteroatoms. The van der Waals surface area contributed by atoms with Crippen molar-refractivity contribution in [1.29, 1.82) is 0 Å². The first-order valence-electron chi connectivity index (χ1n) is 11.1. The zero-order valence-corrected chi connectivity index (χ0v) is 19.6. The Bertz CT molecular complexity index is 998. The number of hydrogen-bond donors (Lipinski definition) is 0. The van der Waals surface area contributed by atoms with E-state index in [1.54, 1.807) is 30.1 Å². The van der Waals surface area contributed by atoms with E-state index in [2.05, 4.69) is 18.8 Å².